The van der Waals surface area contributed by atoms with Gasteiger partial charge in [-0.1, -0.05) is 36.7 Å². The molecule has 0 N–H and O–H groups in total. The van der Waals surface area contributed by atoms with Crippen LogP contribution in [0.2, 0.25) is 5.02 Å². The quantitative estimate of drug-likeness (QED) is 0.363. The molecule has 0 aliphatic carbocycles. The minimum Gasteiger partial charge on any atom is -0.317 e. The van der Waals surface area contributed by atoms with Crippen molar-refractivity contribution >= 4 is 46.2 Å². The number of carbonyl (C=O) groups is 1. The van der Waals surface area contributed by atoms with Crippen LogP contribution in [0.25, 0.3) is 11.8 Å². The fraction of sp³-hybridized carbons (Fsp3) is 0.259. The summed E-state index contributed by atoms with van der Waals surface area (Å²) in [6.07, 6.45) is 2.97. The molecule has 1 aliphatic rings. The number of aliphatic imine (C=N–C) groups is 1. The summed E-state index contributed by atoms with van der Waals surface area (Å²) in [5.41, 5.74) is 7.92. The Kier molecular flexibility index (Phi) is 6.82. The molecule has 0 spiro atoms. The lowest BCUT2D eigenvalue weighted by atomic mass is 10.1. The fourth-order valence-corrected chi connectivity index (χ4v) is 5.42. The predicted octanol–water partition coefficient (Wildman–Crippen LogP) is 7.24. The molecule has 1 amide bonds. The van der Waals surface area contributed by atoms with Gasteiger partial charge in [0.05, 0.1) is 16.3 Å². The first kappa shape index (κ1) is 23.4. The number of likely N-dealkylation sites (N-methyl/N-ethyl adjacent to an activating group) is 1. The van der Waals surface area contributed by atoms with Crippen molar-refractivity contribution in [3.63, 3.8) is 0 Å². The number of halogens is 1. The highest BCUT2D eigenvalue weighted by Crippen LogP contribution is 2.36. The molecule has 0 bridgehead atoms. The van der Waals surface area contributed by atoms with Gasteiger partial charge in [-0.05, 0) is 99.0 Å². The van der Waals surface area contributed by atoms with Crippen molar-refractivity contribution in [1.29, 1.82) is 0 Å². The molecule has 0 unspecified atom stereocenters. The maximum Gasteiger partial charge on any atom is 0.266 e. The lowest BCUT2D eigenvalue weighted by molar-refractivity contribution is -0.122. The van der Waals surface area contributed by atoms with Crippen LogP contribution in [-0.2, 0) is 11.2 Å². The number of nitrogens with zero attached hydrogens (tertiary/aromatic N) is 3. The number of hydrogen-bond acceptors (Lipinski definition) is 3. The number of aryl methyl sites for hydroxylation is 3. The molecule has 3 aromatic rings. The van der Waals surface area contributed by atoms with Crippen LogP contribution in [0.5, 0.6) is 0 Å². The first-order valence-corrected chi connectivity index (χ1v) is 12.4. The number of benzene rings is 2. The number of carbonyl (C=O) groups excluding carboxylic acids is 1. The van der Waals surface area contributed by atoms with Crippen LogP contribution in [-0.4, -0.2) is 27.1 Å². The van der Waals surface area contributed by atoms with Crippen molar-refractivity contribution in [3.8, 4) is 5.69 Å². The first-order chi connectivity index (χ1) is 15.8. The van der Waals surface area contributed by atoms with Gasteiger partial charge in [-0.15, -0.1) is 0 Å². The SMILES string of the molecule is CCc1cccc(C)c1-n1c(C)cc(/C=C2\SC(=Nc3ccc(Cl)cc3)N(CC)C2=O)c1C. The van der Waals surface area contributed by atoms with Gasteiger partial charge >= 0.3 is 0 Å². The van der Waals surface area contributed by atoms with E-state index in [0.29, 0.717) is 21.6 Å². The van der Waals surface area contributed by atoms with E-state index in [0.717, 1.165) is 29.1 Å². The summed E-state index contributed by atoms with van der Waals surface area (Å²) >= 11 is 7.42. The third-order valence-corrected chi connectivity index (χ3v) is 7.20. The van der Waals surface area contributed by atoms with Crippen LogP contribution in [0.3, 0.4) is 0 Å². The second kappa shape index (κ2) is 9.62. The molecule has 4 rings (SSSR count). The molecule has 1 saturated heterocycles. The van der Waals surface area contributed by atoms with Crippen LogP contribution in [0.4, 0.5) is 5.69 Å². The van der Waals surface area contributed by atoms with Gasteiger partial charge in [0.2, 0.25) is 0 Å². The molecule has 2 aromatic carbocycles. The lowest BCUT2D eigenvalue weighted by Gasteiger charge is -2.17. The second-order valence-corrected chi connectivity index (χ2v) is 9.57. The highest BCUT2D eigenvalue weighted by molar-refractivity contribution is 8.18. The molecular formula is C27H28ClN3OS. The van der Waals surface area contributed by atoms with Gasteiger partial charge in [0.25, 0.3) is 5.91 Å². The van der Waals surface area contributed by atoms with E-state index < -0.39 is 0 Å². The van der Waals surface area contributed by atoms with Gasteiger partial charge in [0.1, 0.15) is 0 Å². The molecule has 1 fully saturated rings. The van der Waals surface area contributed by atoms with Crippen molar-refractivity contribution in [2.45, 2.75) is 41.0 Å². The standard InChI is InChI=1S/C27H28ClN3OS/c1-6-20-10-8-9-17(3)25(20)31-18(4)15-21(19(31)5)16-24-26(32)30(7-2)27(33-24)29-23-13-11-22(28)12-14-23/h8-16H,6-7H2,1-5H3/b24-16-,29-27?. The summed E-state index contributed by atoms with van der Waals surface area (Å²) in [6.45, 7) is 11.1. The molecule has 6 heteroatoms. The second-order valence-electron chi connectivity index (χ2n) is 8.13. The molecule has 0 atom stereocenters. The Labute approximate surface area is 205 Å². The molecule has 2 heterocycles. The average molecular weight is 478 g/mol. The minimum atomic E-state index is -0.00912. The Morgan fingerprint density at radius 1 is 1.06 bits per heavy atom. The number of amidine groups is 1. The lowest BCUT2D eigenvalue weighted by Crippen LogP contribution is -2.28. The number of rotatable bonds is 5. The summed E-state index contributed by atoms with van der Waals surface area (Å²) in [6, 6.07) is 15.9. The number of aromatic nitrogens is 1. The van der Waals surface area contributed by atoms with Crippen LogP contribution in [0.15, 0.2) is 58.4 Å². The Morgan fingerprint density at radius 2 is 1.79 bits per heavy atom. The van der Waals surface area contributed by atoms with Crippen molar-refractivity contribution in [2.24, 2.45) is 4.99 Å². The number of thioether (sulfide) groups is 1. The van der Waals surface area contributed by atoms with E-state index >= 15 is 0 Å². The van der Waals surface area contributed by atoms with E-state index in [1.165, 1.54) is 28.6 Å². The molecule has 1 aromatic heterocycles. The summed E-state index contributed by atoms with van der Waals surface area (Å²) in [4.78, 5) is 20.3. The molecular weight excluding hydrogens is 450 g/mol. The van der Waals surface area contributed by atoms with Crippen LogP contribution in [0.1, 0.15) is 41.9 Å². The van der Waals surface area contributed by atoms with E-state index in [-0.39, 0.29) is 5.91 Å². The van der Waals surface area contributed by atoms with E-state index in [9.17, 15) is 4.79 Å². The zero-order chi connectivity index (χ0) is 23.7. The summed E-state index contributed by atoms with van der Waals surface area (Å²) in [5.74, 6) is -0.00912. The van der Waals surface area contributed by atoms with E-state index in [1.54, 1.807) is 17.0 Å². The summed E-state index contributed by atoms with van der Waals surface area (Å²) in [5, 5.41) is 1.36. The van der Waals surface area contributed by atoms with E-state index in [4.69, 9.17) is 16.6 Å². The number of amides is 1. The zero-order valence-corrected chi connectivity index (χ0v) is 21.2. The number of hydrogen-bond donors (Lipinski definition) is 0. The Morgan fingerprint density at radius 3 is 2.45 bits per heavy atom. The molecule has 1 aliphatic heterocycles. The maximum atomic E-state index is 13.2. The van der Waals surface area contributed by atoms with Gasteiger partial charge in [-0.3, -0.25) is 9.69 Å². The van der Waals surface area contributed by atoms with Crippen LogP contribution < -0.4 is 0 Å². The number of para-hydroxylation sites is 1. The molecule has 4 nitrogen and oxygen atoms in total. The van der Waals surface area contributed by atoms with Crippen molar-refractivity contribution in [3.05, 3.63) is 86.5 Å². The molecule has 170 valence electrons. The van der Waals surface area contributed by atoms with Crippen molar-refractivity contribution in [2.75, 3.05) is 6.54 Å². The fourth-order valence-electron chi connectivity index (χ4n) is 4.24. The van der Waals surface area contributed by atoms with Gasteiger partial charge < -0.3 is 4.57 Å². The third kappa shape index (κ3) is 4.53. The van der Waals surface area contributed by atoms with Gasteiger partial charge in [0, 0.05) is 23.0 Å². The Balaban J connectivity index is 1.74. The van der Waals surface area contributed by atoms with Crippen LogP contribution >= 0.6 is 23.4 Å². The highest BCUT2D eigenvalue weighted by atomic mass is 35.5. The summed E-state index contributed by atoms with van der Waals surface area (Å²) in [7, 11) is 0. The maximum absolute atomic E-state index is 13.2. The van der Waals surface area contributed by atoms with Crippen molar-refractivity contribution < 1.29 is 4.79 Å². The monoisotopic (exact) mass is 477 g/mol. The van der Waals surface area contributed by atoms with Gasteiger partial charge in [-0.2, -0.15) is 0 Å². The zero-order valence-electron chi connectivity index (χ0n) is 19.6. The molecule has 0 saturated carbocycles. The summed E-state index contributed by atoms with van der Waals surface area (Å²) < 4.78 is 2.31. The van der Waals surface area contributed by atoms with E-state index in [2.05, 4.69) is 56.5 Å². The normalized spacial score (nSPS) is 16.4. The highest BCUT2D eigenvalue weighted by Gasteiger charge is 2.32. The van der Waals surface area contributed by atoms with Crippen molar-refractivity contribution in [1.82, 2.24) is 9.47 Å². The third-order valence-electron chi connectivity index (χ3n) is 5.94. The minimum absolute atomic E-state index is 0.00912. The smallest absolute Gasteiger partial charge is 0.266 e. The Bertz CT molecular complexity index is 1270. The topological polar surface area (TPSA) is 37.6 Å². The van der Waals surface area contributed by atoms with E-state index in [1.807, 2.05) is 25.1 Å². The van der Waals surface area contributed by atoms with Gasteiger partial charge in [0.15, 0.2) is 5.17 Å². The molecule has 33 heavy (non-hydrogen) atoms. The predicted molar refractivity (Wildman–Crippen MR) is 141 cm³/mol. The van der Waals surface area contributed by atoms with Gasteiger partial charge in [-0.25, -0.2) is 4.99 Å². The largest absolute Gasteiger partial charge is 0.317 e. The molecule has 0 radical (unpaired) electrons. The Hall–Kier alpha value is -2.76. The first-order valence-electron chi connectivity index (χ1n) is 11.2. The van der Waals surface area contributed by atoms with Crippen LogP contribution in [0, 0.1) is 20.8 Å². The average Bonchev–Trinajstić information content (AvgIpc) is 3.24.